The average molecular weight is 248 g/mol. The molecule has 0 N–H and O–H groups in total. The van der Waals surface area contributed by atoms with E-state index in [0.717, 1.165) is 5.56 Å². The van der Waals surface area contributed by atoms with Gasteiger partial charge in [0.05, 0.1) is 9.40 Å². The van der Waals surface area contributed by atoms with Gasteiger partial charge in [0.2, 0.25) is 0 Å². The molecule has 0 aliphatic carbocycles. The maximum absolute atomic E-state index is 10.4. The van der Waals surface area contributed by atoms with Crippen LogP contribution in [0.15, 0.2) is 22.7 Å². The highest BCUT2D eigenvalue weighted by Crippen LogP contribution is 2.28. The normalized spacial score (nSPS) is 9.83. The fourth-order valence-corrected chi connectivity index (χ4v) is 1.86. The van der Waals surface area contributed by atoms with E-state index in [0.29, 0.717) is 10.2 Å². The lowest BCUT2D eigenvalue weighted by Gasteiger charge is -1.99. The van der Waals surface area contributed by atoms with E-state index in [-0.39, 0.29) is 5.69 Å². The topological polar surface area (TPSA) is 43.1 Å². The summed E-state index contributed by atoms with van der Waals surface area (Å²) in [6, 6.07) is 4.90. The maximum atomic E-state index is 10.4. The van der Waals surface area contributed by atoms with Crippen molar-refractivity contribution in [1.29, 1.82) is 0 Å². The predicted octanol–water partition coefficient (Wildman–Crippen LogP) is 2.79. The summed E-state index contributed by atoms with van der Waals surface area (Å²) < 4.78 is 0.519. The highest BCUT2D eigenvalue weighted by Gasteiger charge is 2.13. The Kier molecular flexibility index (Phi) is 3.11. The quantitative estimate of drug-likeness (QED) is 0.496. The third-order valence-corrected chi connectivity index (χ3v) is 2.68. The molecule has 0 aliphatic rings. The van der Waals surface area contributed by atoms with Crippen molar-refractivity contribution in [1.82, 2.24) is 0 Å². The van der Waals surface area contributed by atoms with Crippen LogP contribution in [0.5, 0.6) is 0 Å². The number of rotatable bonds is 2. The largest absolute Gasteiger partial charge is 0.283 e. The van der Waals surface area contributed by atoms with Gasteiger partial charge in [-0.1, -0.05) is 12.1 Å². The Bertz CT molecular complexity index is 316. The first-order chi connectivity index (χ1) is 5.66. The summed E-state index contributed by atoms with van der Waals surface area (Å²) in [5.74, 6) is 0.488. The van der Waals surface area contributed by atoms with E-state index in [1.54, 1.807) is 12.1 Å². The molecule has 0 radical (unpaired) electrons. The second-order valence-electron chi connectivity index (χ2n) is 2.17. The molecule has 12 heavy (non-hydrogen) atoms. The summed E-state index contributed by atoms with van der Waals surface area (Å²) in [6.45, 7) is 0. The van der Waals surface area contributed by atoms with E-state index < -0.39 is 4.92 Å². The minimum Gasteiger partial charge on any atom is -0.258 e. The first-order valence-electron chi connectivity index (χ1n) is 3.19. The standard InChI is InChI=1S/C7H6BrNO2S/c8-7-5(4-12)2-1-3-6(7)9(10)11/h1-3,12H,4H2. The fraction of sp³-hybridized carbons (Fsp3) is 0.143. The lowest BCUT2D eigenvalue weighted by atomic mass is 10.2. The van der Waals surface area contributed by atoms with Crippen LogP contribution >= 0.6 is 28.6 Å². The van der Waals surface area contributed by atoms with Gasteiger partial charge in [0.25, 0.3) is 5.69 Å². The number of hydrogen-bond donors (Lipinski definition) is 1. The molecule has 5 heteroatoms. The van der Waals surface area contributed by atoms with Gasteiger partial charge < -0.3 is 0 Å². The molecule has 0 spiro atoms. The van der Waals surface area contributed by atoms with Crippen molar-refractivity contribution >= 4 is 34.2 Å². The summed E-state index contributed by atoms with van der Waals surface area (Å²) in [5, 5.41) is 10.4. The van der Waals surface area contributed by atoms with Gasteiger partial charge in [-0.05, 0) is 21.5 Å². The molecule has 0 fully saturated rings. The monoisotopic (exact) mass is 247 g/mol. The zero-order valence-electron chi connectivity index (χ0n) is 6.03. The van der Waals surface area contributed by atoms with Gasteiger partial charge in [-0.15, -0.1) is 0 Å². The van der Waals surface area contributed by atoms with Gasteiger partial charge in [-0.25, -0.2) is 0 Å². The fourth-order valence-electron chi connectivity index (χ4n) is 0.829. The van der Waals surface area contributed by atoms with Crippen LogP contribution in [0.4, 0.5) is 5.69 Å². The molecule has 0 atom stereocenters. The summed E-state index contributed by atoms with van der Waals surface area (Å²) in [6.07, 6.45) is 0. The maximum Gasteiger partial charge on any atom is 0.283 e. The third-order valence-electron chi connectivity index (χ3n) is 1.43. The van der Waals surface area contributed by atoms with E-state index in [2.05, 4.69) is 28.6 Å². The minimum absolute atomic E-state index is 0.0848. The Hall–Kier alpha value is -0.550. The van der Waals surface area contributed by atoms with Crippen LogP contribution in [0, 0.1) is 10.1 Å². The molecule has 0 saturated heterocycles. The first kappa shape index (κ1) is 9.54. The molecule has 0 aliphatic heterocycles. The number of halogens is 1. The van der Waals surface area contributed by atoms with E-state index in [1.165, 1.54) is 6.07 Å². The molecule has 0 amide bonds. The molecule has 3 nitrogen and oxygen atoms in total. The van der Waals surface area contributed by atoms with Gasteiger partial charge in [-0.2, -0.15) is 12.6 Å². The molecule has 0 bridgehead atoms. The zero-order chi connectivity index (χ0) is 9.14. The van der Waals surface area contributed by atoms with Gasteiger partial charge in [0.1, 0.15) is 0 Å². The summed E-state index contributed by atoms with van der Waals surface area (Å²) in [4.78, 5) is 10.0. The molecule has 0 saturated carbocycles. The van der Waals surface area contributed by atoms with Gasteiger partial charge >= 0.3 is 0 Å². The molecule has 1 rings (SSSR count). The van der Waals surface area contributed by atoms with Crippen molar-refractivity contribution < 1.29 is 4.92 Å². The number of nitro groups is 1. The second kappa shape index (κ2) is 3.91. The van der Waals surface area contributed by atoms with Gasteiger partial charge in [0.15, 0.2) is 0 Å². The van der Waals surface area contributed by atoms with Crippen LogP contribution in [-0.2, 0) is 5.75 Å². The SMILES string of the molecule is O=[N+]([O-])c1cccc(CS)c1Br. The number of nitrogens with zero attached hydrogens (tertiary/aromatic N) is 1. The molecule has 0 heterocycles. The summed E-state index contributed by atoms with van der Waals surface area (Å²) >= 11 is 7.19. The Labute approximate surface area is 83.5 Å². The van der Waals surface area contributed by atoms with Crippen molar-refractivity contribution in [3.63, 3.8) is 0 Å². The first-order valence-corrected chi connectivity index (χ1v) is 4.62. The lowest BCUT2D eigenvalue weighted by molar-refractivity contribution is -0.385. The van der Waals surface area contributed by atoms with Crippen molar-refractivity contribution in [2.45, 2.75) is 5.75 Å². The van der Waals surface area contributed by atoms with Crippen LogP contribution in [0.1, 0.15) is 5.56 Å². The van der Waals surface area contributed by atoms with Crippen molar-refractivity contribution in [3.8, 4) is 0 Å². The number of hydrogen-bond acceptors (Lipinski definition) is 3. The molecule has 1 aromatic rings. The minimum atomic E-state index is -0.420. The summed E-state index contributed by atoms with van der Waals surface area (Å²) in [7, 11) is 0. The lowest BCUT2D eigenvalue weighted by Crippen LogP contribution is -1.91. The van der Waals surface area contributed by atoms with Crippen molar-refractivity contribution in [2.24, 2.45) is 0 Å². The third kappa shape index (κ3) is 1.78. The highest BCUT2D eigenvalue weighted by atomic mass is 79.9. The number of thiol groups is 1. The Balaban J connectivity index is 3.23. The molecular weight excluding hydrogens is 242 g/mol. The molecular formula is C7H6BrNO2S. The van der Waals surface area contributed by atoms with Crippen LogP contribution in [0.3, 0.4) is 0 Å². The predicted molar refractivity (Wildman–Crippen MR) is 53.5 cm³/mol. The Morgan fingerprint density at radius 2 is 2.25 bits per heavy atom. The molecule has 0 aromatic heterocycles. The van der Waals surface area contributed by atoms with Crippen molar-refractivity contribution in [2.75, 3.05) is 0 Å². The second-order valence-corrected chi connectivity index (χ2v) is 3.27. The van der Waals surface area contributed by atoms with Crippen LogP contribution in [0.2, 0.25) is 0 Å². The van der Waals surface area contributed by atoms with Gasteiger partial charge in [0, 0.05) is 11.8 Å². The van der Waals surface area contributed by atoms with Crippen molar-refractivity contribution in [3.05, 3.63) is 38.3 Å². The molecule has 0 unspecified atom stereocenters. The molecule has 1 aromatic carbocycles. The van der Waals surface area contributed by atoms with Crippen LogP contribution in [-0.4, -0.2) is 4.92 Å². The highest BCUT2D eigenvalue weighted by molar-refractivity contribution is 9.10. The van der Waals surface area contributed by atoms with E-state index in [9.17, 15) is 10.1 Å². The van der Waals surface area contributed by atoms with Gasteiger partial charge in [-0.3, -0.25) is 10.1 Å². The Morgan fingerprint density at radius 1 is 1.58 bits per heavy atom. The number of nitro benzene ring substituents is 1. The van der Waals surface area contributed by atoms with E-state index in [1.807, 2.05) is 0 Å². The average Bonchev–Trinajstić information content (AvgIpc) is 2.04. The van der Waals surface area contributed by atoms with E-state index >= 15 is 0 Å². The zero-order valence-corrected chi connectivity index (χ0v) is 8.51. The van der Waals surface area contributed by atoms with Crippen LogP contribution in [0.25, 0.3) is 0 Å². The Morgan fingerprint density at radius 3 is 2.75 bits per heavy atom. The van der Waals surface area contributed by atoms with Crippen LogP contribution < -0.4 is 0 Å². The smallest absolute Gasteiger partial charge is 0.258 e. The summed E-state index contributed by atoms with van der Waals surface area (Å²) in [5.41, 5.74) is 0.911. The van der Waals surface area contributed by atoms with E-state index in [4.69, 9.17) is 0 Å². The molecule has 64 valence electrons. The number of benzene rings is 1.